The molecule has 1 aliphatic carbocycles. The van der Waals surface area contributed by atoms with Gasteiger partial charge in [0.1, 0.15) is 17.1 Å². The minimum absolute atomic E-state index is 0.126. The van der Waals surface area contributed by atoms with Crippen LogP contribution in [0.3, 0.4) is 0 Å². The second-order valence-corrected chi connectivity index (χ2v) is 8.11. The maximum atomic E-state index is 10.3. The maximum Gasteiger partial charge on any atom is 0.127 e. The lowest BCUT2D eigenvalue weighted by Gasteiger charge is -2.37. The zero-order valence-corrected chi connectivity index (χ0v) is 15.7. The molecule has 24 heavy (non-hydrogen) atoms. The van der Waals surface area contributed by atoms with Crippen molar-refractivity contribution >= 4 is 0 Å². The molecule has 1 fully saturated rings. The molecule has 0 saturated heterocycles. The van der Waals surface area contributed by atoms with E-state index in [9.17, 15) is 5.11 Å². The molecule has 0 amide bonds. The van der Waals surface area contributed by atoms with Crippen molar-refractivity contribution in [3.63, 3.8) is 0 Å². The molecule has 1 aliphatic heterocycles. The molecule has 2 aliphatic rings. The predicted octanol–water partition coefficient (Wildman–Crippen LogP) is 5.93. The van der Waals surface area contributed by atoms with Crippen LogP contribution in [0.15, 0.2) is 12.2 Å². The van der Waals surface area contributed by atoms with Gasteiger partial charge in [-0.1, -0.05) is 31.4 Å². The van der Waals surface area contributed by atoms with Crippen molar-refractivity contribution in [3.8, 4) is 11.5 Å². The molecular weight excluding hydrogens is 296 g/mol. The Kier molecular flexibility index (Phi) is 4.94. The van der Waals surface area contributed by atoms with Crippen LogP contribution >= 0.6 is 0 Å². The Morgan fingerprint density at radius 2 is 1.79 bits per heavy atom. The lowest BCUT2D eigenvalue weighted by Crippen LogP contribution is -2.36. The van der Waals surface area contributed by atoms with Gasteiger partial charge in [-0.3, -0.25) is 0 Å². The predicted molar refractivity (Wildman–Crippen MR) is 100 cm³/mol. The lowest BCUT2D eigenvalue weighted by molar-refractivity contribution is 0.0665. The average molecular weight is 328 g/mol. The summed E-state index contributed by atoms with van der Waals surface area (Å²) >= 11 is 0. The zero-order valence-electron chi connectivity index (χ0n) is 15.7. The maximum absolute atomic E-state index is 10.3. The first kappa shape index (κ1) is 17.4. The van der Waals surface area contributed by atoms with E-state index in [0.717, 1.165) is 47.6 Å². The Labute approximate surface area is 146 Å². The van der Waals surface area contributed by atoms with E-state index in [4.69, 9.17) is 4.74 Å². The third-order valence-electron chi connectivity index (χ3n) is 6.20. The molecular formula is C22H32O2. The molecule has 1 aromatic rings. The van der Waals surface area contributed by atoms with Gasteiger partial charge >= 0.3 is 0 Å². The highest BCUT2D eigenvalue weighted by Crippen LogP contribution is 2.44. The summed E-state index contributed by atoms with van der Waals surface area (Å²) in [5, 5.41) is 10.3. The Hall–Kier alpha value is -1.44. The second-order valence-electron chi connectivity index (χ2n) is 8.11. The SMILES string of the molecule is Cc1c(C)c2c(c(C)c1O)CC[C@@](C)(CC=CC1CCCCC1)O2. The molecule has 2 nitrogen and oxygen atoms in total. The fraction of sp³-hybridized carbons (Fsp3) is 0.636. The smallest absolute Gasteiger partial charge is 0.127 e. The summed E-state index contributed by atoms with van der Waals surface area (Å²) in [6, 6.07) is 0. The summed E-state index contributed by atoms with van der Waals surface area (Å²) in [5.74, 6) is 2.24. The number of phenolic OH excluding ortho intramolecular Hbond substituents is 1. The first-order valence-corrected chi connectivity index (χ1v) is 9.58. The first-order valence-electron chi connectivity index (χ1n) is 9.58. The molecule has 0 aromatic heterocycles. The van der Waals surface area contributed by atoms with Gasteiger partial charge in [0.05, 0.1) is 0 Å². The quantitative estimate of drug-likeness (QED) is 0.697. The Morgan fingerprint density at radius 1 is 1.08 bits per heavy atom. The standard InChI is InChI=1S/C22H32O2/c1-15-16(2)21-19(17(3)20(15)23)12-14-22(4,24-21)13-8-11-18-9-6-5-7-10-18/h8,11,18,23H,5-7,9-10,12-14H2,1-4H3/t22-/m1/s1. The minimum Gasteiger partial charge on any atom is -0.507 e. The topological polar surface area (TPSA) is 29.5 Å². The molecule has 1 aromatic carbocycles. The lowest BCUT2D eigenvalue weighted by atomic mass is 9.84. The summed E-state index contributed by atoms with van der Waals surface area (Å²) in [4.78, 5) is 0. The highest BCUT2D eigenvalue weighted by molar-refractivity contribution is 5.58. The van der Waals surface area contributed by atoms with E-state index < -0.39 is 0 Å². The average Bonchev–Trinajstić information content (AvgIpc) is 2.59. The number of hydrogen-bond acceptors (Lipinski definition) is 2. The van der Waals surface area contributed by atoms with Crippen molar-refractivity contribution in [1.29, 1.82) is 0 Å². The molecule has 1 atom stereocenters. The van der Waals surface area contributed by atoms with Crippen molar-refractivity contribution < 1.29 is 9.84 Å². The molecule has 132 valence electrons. The van der Waals surface area contributed by atoms with Crippen molar-refractivity contribution in [2.45, 2.75) is 84.7 Å². The Bertz CT molecular complexity index is 638. The molecule has 0 radical (unpaired) electrons. The van der Waals surface area contributed by atoms with Crippen LogP contribution in [0.4, 0.5) is 0 Å². The van der Waals surface area contributed by atoms with Crippen LogP contribution in [0.25, 0.3) is 0 Å². The third kappa shape index (κ3) is 3.34. The number of ether oxygens (including phenoxy) is 1. The van der Waals surface area contributed by atoms with Crippen LogP contribution in [0.5, 0.6) is 11.5 Å². The van der Waals surface area contributed by atoms with Crippen LogP contribution in [-0.4, -0.2) is 10.7 Å². The number of allylic oxidation sites excluding steroid dienone is 1. The minimum atomic E-state index is -0.126. The molecule has 0 bridgehead atoms. The summed E-state index contributed by atoms with van der Waals surface area (Å²) in [5.41, 5.74) is 4.11. The molecule has 3 rings (SSSR count). The summed E-state index contributed by atoms with van der Waals surface area (Å²) in [6.45, 7) is 8.29. The number of benzene rings is 1. The number of phenols is 1. The van der Waals surface area contributed by atoms with Crippen molar-refractivity contribution in [2.75, 3.05) is 0 Å². The third-order valence-corrected chi connectivity index (χ3v) is 6.20. The molecule has 1 heterocycles. The fourth-order valence-corrected chi connectivity index (χ4v) is 4.27. The van der Waals surface area contributed by atoms with Gasteiger partial charge in [0.2, 0.25) is 0 Å². The fourth-order valence-electron chi connectivity index (χ4n) is 4.27. The van der Waals surface area contributed by atoms with Gasteiger partial charge in [-0.25, -0.2) is 0 Å². The number of rotatable bonds is 3. The molecule has 1 N–H and O–H groups in total. The highest BCUT2D eigenvalue weighted by Gasteiger charge is 2.33. The van der Waals surface area contributed by atoms with Gasteiger partial charge in [-0.2, -0.15) is 0 Å². The van der Waals surface area contributed by atoms with E-state index in [1.165, 1.54) is 37.7 Å². The normalized spacial score (nSPS) is 24.8. The van der Waals surface area contributed by atoms with E-state index in [0.29, 0.717) is 5.75 Å². The van der Waals surface area contributed by atoms with Gasteiger partial charge < -0.3 is 9.84 Å². The highest BCUT2D eigenvalue weighted by atomic mass is 16.5. The van der Waals surface area contributed by atoms with Crippen LogP contribution < -0.4 is 4.74 Å². The van der Waals surface area contributed by atoms with E-state index in [-0.39, 0.29) is 5.60 Å². The summed E-state index contributed by atoms with van der Waals surface area (Å²) < 4.78 is 6.49. The number of hydrogen-bond donors (Lipinski definition) is 1. The van der Waals surface area contributed by atoms with Crippen molar-refractivity contribution in [2.24, 2.45) is 5.92 Å². The monoisotopic (exact) mass is 328 g/mol. The second kappa shape index (κ2) is 6.82. The largest absolute Gasteiger partial charge is 0.507 e. The summed E-state index contributed by atoms with van der Waals surface area (Å²) in [7, 11) is 0. The van der Waals surface area contributed by atoms with Gasteiger partial charge in [0.25, 0.3) is 0 Å². The van der Waals surface area contributed by atoms with Gasteiger partial charge in [0, 0.05) is 12.0 Å². The summed E-state index contributed by atoms with van der Waals surface area (Å²) in [6.07, 6.45) is 14.7. The van der Waals surface area contributed by atoms with Crippen LogP contribution in [0.1, 0.15) is 74.1 Å². The van der Waals surface area contributed by atoms with E-state index in [1.54, 1.807) is 0 Å². The Balaban J connectivity index is 1.74. The van der Waals surface area contributed by atoms with E-state index >= 15 is 0 Å². The van der Waals surface area contributed by atoms with Crippen molar-refractivity contribution in [3.05, 3.63) is 34.4 Å². The number of aromatic hydroxyl groups is 1. The zero-order chi connectivity index (χ0) is 17.3. The van der Waals surface area contributed by atoms with Gasteiger partial charge in [0.15, 0.2) is 0 Å². The molecule has 1 saturated carbocycles. The first-order chi connectivity index (χ1) is 11.4. The Morgan fingerprint density at radius 3 is 2.50 bits per heavy atom. The van der Waals surface area contributed by atoms with Crippen LogP contribution in [0.2, 0.25) is 0 Å². The molecule has 0 unspecified atom stereocenters. The molecule has 2 heteroatoms. The van der Waals surface area contributed by atoms with Gasteiger partial charge in [-0.15, -0.1) is 0 Å². The van der Waals surface area contributed by atoms with Gasteiger partial charge in [-0.05, 0) is 76.0 Å². The van der Waals surface area contributed by atoms with Crippen LogP contribution in [0, 0.1) is 26.7 Å². The van der Waals surface area contributed by atoms with E-state index in [2.05, 4.69) is 26.0 Å². The van der Waals surface area contributed by atoms with Crippen LogP contribution in [-0.2, 0) is 6.42 Å². The number of fused-ring (bicyclic) bond motifs is 1. The van der Waals surface area contributed by atoms with E-state index in [1.807, 2.05) is 13.8 Å². The molecule has 0 spiro atoms. The van der Waals surface area contributed by atoms with Crippen molar-refractivity contribution in [1.82, 2.24) is 0 Å².